The van der Waals surface area contributed by atoms with Crippen LogP contribution in [0, 0.1) is 0 Å². The summed E-state index contributed by atoms with van der Waals surface area (Å²) in [5.74, 6) is -0.939. The van der Waals surface area contributed by atoms with Crippen molar-refractivity contribution in [1.29, 1.82) is 0 Å². The number of carbonyl (C=O) groups excluding carboxylic acids is 1. The van der Waals surface area contributed by atoms with Gasteiger partial charge in [-0.25, -0.2) is 13.9 Å². The molecule has 1 aromatic carbocycles. The maximum Gasteiger partial charge on any atom is 0.264 e. The van der Waals surface area contributed by atoms with Crippen molar-refractivity contribution >= 4 is 15.7 Å². The molecule has 1 heterocycles. The molecule has 128 valence electrons. The van der Waals surface area contributed by atoms with Crippen LogP contribution in [0.15, 0.2) is 48.7 Å². The molecule has 0 aliphatic heterocycles. The van der Waals surface area contributed by atoms with Gasteiger partial charge in [-0.1, -0.05) is 36.4 Å². The summed E-state index contributed by atoms with van der Waals surface area (Å²) in [6.07, 6.45) is 3.02. The quantitative estimate of drug-likeness (QED) is 0.615. The molecular weight excluding hydrogens is 328 g/mol. The van der Waals surface area contributed by atoms with Gasteiger partial charge in [-0.05, 0) is 31.4 Å². The molecule has 0 saturated carbocycles. The molecule has 0 bridgehead atoms. The Hall–Kier alpha value is -2.25. The van der Waals surface area contributed by atoms with E-state index in [2.05, 4.69) is 4.98 Å². The number of pyridine rings is 1. The highest BCUT2D eigenvalue weighted by molar-refractivity contribution is 7.92. The Morgan fingerprint density at radius 2 is 1.83 bits per heavy atom. The molecule has 0 spiro atoms. The van der Waals surface area contributed by atoms with Crippen LogP contribution in [-0.4, -0.2) is 35.5 Å². The van der Waals surface area contributed by atoms with Crippen molar-refractivity contribution in [3.63, 3.8) is 0 Å². The van der Waals surface area contributed by atoms with Crippen molar-refractivity contribution in [2.24, 2.45) is 0 Å². The molecule has 0 saturated heterocycles. The third kappa shape index (κ3) is 3.80. The summed E-state index contributed by atoms with van der Waals surface area (Å²) >= 11 is 0. The van der Waals surface area contributed by atoms with Gasteiger partial charge in [0.15, 0.2) is 9.84 Å². The summed E-state index contributed by atoms with van der Waals surface area (Å²) in [6.45, 7) is 1.30. The maximum atomic E-state index is 11.9. The SMILES string of the molecule is CC(CCc1ccc(-c2ccccc2)cn1)(C(=O)NO)S(C)(=O)=O. The first kappa shape index (κ1) is 18.1. The first-order valence-electron chi connectivity index (χ1n) is 7.42. The van der Waals surface area contributed by atoms with Gasteiger partial charge in [-0.2, -0.15) is 0 Å². The van der Waals surface area contributed by atoms with Crippen molar-refractivity contribution in [3.8, 4) is 11.1 Å². The molecule has 1 atom stereocenters. The number of hydrogen-bond donors (Lipinski definition) is 2. The Bertz CT molecular complexity index is 804. The number of amides is 1. The fraction of sp³-hybridized carbons (Fsp3) is 0.294. The molecule has 1 aromatic heterocycles. The minimum atomic E-state index is -3.70. The zero-order chi connectivity index (χ0) is 17.8. The lowest BCUT2D eigenvalue weighted by molar-refractivity contribution is -0.131. The van der Waals surface area contributed by atoms with E-state index in [0.717, 1.165) is 17.4 Å². The third-order valence-corrected chi connectivity index (χ3v) is 6.22. The number of benzene rings is 1. The van der Waals surface area contributed by atoms with Crippen LogP contribution < -0.4 is 5.48 Å². The molecule has 0 aliphatic carbocycles. The summed E-state index contributed by atoms with van der Waals surface area (Å²) in [4.78, 5) is 16.1. The zero-order valence-corrected chi connectivity index (χ0v) is 14.4. The van der Waals surface area contributed by atoms with E-state index in [1.165, 1.54) is 12.4 Å². The van der Waals surface area contributed by atoms with Gasteiger partial charge in [0.25, 0.3) is 5.91 Å². The van der Waals surface area contributed by atoms with Crippen molar-refractivity contribution in [3.05, 3.63) is 54.4 Å². The summed E-state index contributed by atoms with van der Waals surface area (Å²) < 4.78 is 22.1. The summed E-state index contributed by atoms with van der Waals surface area (Å²) in [7, 11) is -3.70. The second-order valence-electron chi connectivity index (χ2n) is 5.85. The van der Waals surface area contributed by atoms with Gasteiger partial charge >= 0.3 is 0 Å². The lowest BCUT2D eigenvalue weighted by atomic mass is 10.0. The average molecular weight is 348 g/mol. The Kier molecular flexibility index (Phi) is 5.36. The van der Waals surface area contributed by atoms with Gasteiger partial charge < -0.3 is 0 Å². The maximum absolute atomic E-state index is 11.9. The van der Waals surface area contributed by atoms with Crippen molar-refractivity contribution in [2.75, 3.05) is 6.26 Å². The van der Waals surface area contributed by atoms with E-state index in [1.807, 2.05) is 42.5 Å². The number of hydroxylamine groups is 1. The summed E-state index contributed by atoms with van der Waals surface area (Å²) in [6, 6.07) is 13.5. The minimum Gasteiger partial charge on any atom is -0.289 e. The normalized spacial score (nSPS) is 14.0. The van der Waals surface area contributed by atoms with Gasteiger partial charge in [0, 0.05) is 23.7 Å². The van der Waals surface area contributed by atoms with Gasteiger partial charge in [0.2, 0.25) is 0 Å². The number of rotatable bonds is 6. The Morgan fingerprint density at radius 3 is 2.33 bits per heavy atom. The molecule has 6 nitrogen and oxygen atoms in total. The van der Waals surface area contributed by atoms with Crippen LogP contribution in [0.5, 0.6) is 0 Å². The van der Waals surface area contributed by atoms with Gasteiger partial charge in [0.1, 0.15) is 4.75 Å². The van der Waals surface area contributed by atoms with Crippen LogP contribution in [0.4, 0.5) is 0 Å². The van der Waals surface area contributed by atoms with E-state index in [9.17, 15) is 13.2 Å². The average Bonchev–Trinajstić information content (AvgIpc) is 2.59. The number of carbonyl (C=O) groups is 1. The number of aryl methyl sites for hydroxylation is 1. The van der Waals surface area contributed by atoms with Crippen molar-refractivity contribution in [1.82, 2.24) is 10.5 Å². The fourth-order valence-electron chi connectivity index (χ4n) is 2.33. The zero-order valence-electron chi connectivity index (χ0n) is 13.6. The van der Waals surface area contributed by atoms with Crippen molar-refractivity contribution < 1.29 is 18.4 Å². The Balaban J connectivity index is 2.15. The number of nitrogens with zero attached hydrogens (tertiary/aromatic N) is 1. The molecule has 0 fully saturated rings. The van der Waals surface area contributed by atoms with Crippen LogP contribution in [0.2, 0.25) is 0 Å². The van der Waals surface area contributed by atoms with Crippen molar-refractivity contribution in [2.45, 2.75) is 24.5 Å². The molecule has 7 heteroatoms. The van der Waals surface area contributed by atoms with Gasteiger partial charge in [-0.3, -0.25) is 15.0 Å². The van der Waals surface area contributed by atoms with E-state index in [0.29, 0.717) is 12.1 Å². The second kappa shape index (κ2) is 7.11. The number of aromatic nitrogens is 1. The van der Waals surface area contributed by atoms with Gasteiger partial charge in [0.05, 0.1) is 0 Å². The van der Waals surface area contributed by atoms with Gasteiger partial charge in [-0.15, -0.1) is 0 Å². The lowest BCUT2D eigenvalue weighted by Crippen LogP contribution is -2.49. The third-order valence-electron chi connectivity index (χ3n) is 4.19. The number of hydrogen-bond acceptors (Lipinski definition) is 5. The fourth-order valence-corrected chi connectivity index (χ4v) is 3.18. The smallest absolute Gasteiger partial charge is 0.264 e. The molecule has 2 N–H and O–H groups in total. The van der Waals surface area contributed by atoms with E-state index in [4.69, 9.17) is 5.21 Å². The minimum absolute atomic E-state index is 0.0237. The molecule has 24 heavy (non-hydrogen) atoms. The first-order chi connectivity index (χ1) is 11.3. The Labute approximate surface area is 141 Å². The Morgan fingerprint density at radius 1 is 1.17 bits per heavy atom. The predicted octanol–water partition coefficient (Wildman–Crippen LogP) is 1.99. The highest BCUT2D eigenvalue weighted by Gasteiger charge is 2.43. The monoisotopic (exact) mass is 348 g/mol. The molecule has 0 aliphatic rings. The molecule has 2 rings (SSSR count). The van der Waals surface area contributed by atoms with E-state index >= 15 is 0 Å². The van der Waals surface area contributed by atoms with Crippen LogP contribution in [0.25, 0.3) is 11.1 Å². The molecule has 1 unspecified atom stereocenters. The highest BCUT2D eigenvalue weighted by Crippen LogP contribution is 2.24. The topological polar surface area (TPSA) is 96.4 Å². The number of sulfone groups is 1. The highest BCUT2D eigenvalue weighted by atomic mass is 32.2. The first-order valence-corrected chi connectivity index (χ1v) is 9.31. The largest absolute Gasteiger partial charge is 0.289 e. The van der Waals surface area contributed by atoms with Crippen LogP contribution in [0.3, 0.4) is 0 Å². The molecule has 1 amide bonds. The van der Waals surface area contributed by atoms with Crippen LogP contribution in [0.1, 0.15) is 19.0 Å². The van der Waals surface area contributed by atoms with E-state index in [-0.39, 0.29) is 6.42 Å². The number of nitrogens with one attached hydrogen (secondary N) is 1. The van der Waals surface area contributed by atoms with Crippen LogP contribution >= 0.6 is 0 Å². The summed E-state index contributed by atoms with van der Waals surface area (Å²) in [5, 5.41) is 8.81. The lowest BCUT2D eigenvalue weighted by Gasteiger charge is -2.24. The standard InChI is InChI=1S/C17H20N2O4S/c1-17(16(20)19-21,24(2,22)23)11-10-15-9-8-14(12-18-15)13-6-4-3-5-7-13/h3-9,12,21H,10-11H2,1-2H3,(H,19,20). The van der Waals surface area contributed by atoms with Crippen LogP contribution in [-0.2, 0) is 21.1 Å². The molecule has 2 aromatic rings. The second-order valence-corrected chi connectivity index (χ2v) is 8.29. The van der Waals surface area contributed by atoms with E-state index < -0.39 is 20.5 Å². The molecular formula is C17H20N2O4S. The van der Waals surface area contributed by atoms with E-state index in [1.54, 1.807) is 6.20 Å². The predicted molar refractivity (Wildman–Crippen MR) is 91.2 cm³/mol. The molecule has 0 radical (unpaired) electrons. The summed E-state index contributed by atoms with van der Waals surface area (Å²) in [5.41, 5.74) is 4.11.